The van der Waals surface area contributed by atoms with Crippen molar-refractivity contribution in [3.05, 3.63) is 23.8 Å². The van der Waals surface area contributed by atoms with Gasteiger partial charge in [-0.1, -0.05) is 0 Å². The van der Waals surface area contributed by atoms with E-state index in [1.165, 1.54) is 30.1 Å². The zero-order chi connectivity index (χ0) is 29.9. The van der Waals surface area contributed by atoms with Crippen LogP contribution in [0.2, 0.25) is 0 Å². The van der Waals surface area contributed by atoms with Crippen molar-refractivity contribution < 1.29 is 61.9 Å². The van der Waals surface area contributed by atoms with Crippen LogP contribution in [0.3, 0.4) is 0 Å². The number of amidine groups is 1. The van der Waals surface area contributed by atoms with Crippen molar-refractivity contribution in [2.75, 3.05) is 26.8 Å². The predicted octanol–water partition coefficient (Wildman–Crippen LogP) is 1.63. The van der Waals surface area contributed by atoms with Gasteiger partial charge in [-0.3, -0.25) is 15.0 Å². The van der Waals surface area contributed by atoms with Gasteiger partial charge < -0.3 is 35.4 Å². The van der Waals surface area contributed by atoms with Crippen LogP contribution in [-0.4, -0.2) is 88.6 Å². The molecule has 0 saturated heterocycles. The van der Waals surface area contributed by atoms with E-state index in [1.807, 2.05) is 0 Å². The fourth-order valence-electron chi connectivity index (χ4n) is 3.54. The van der Waals surface area contributed by atoms with Gasteiger partial charge >= 0.3 is 24.1 Å². The first-order valence-corrected chi connectivity index (χ1v) is 11.3. The lowest BCUT2D eigenvalue weighted by Gasteiger charge is -2.29. The third-order valence-corrected chi connectivity index (χ3v) is 5.48. The molecule has 13 nitrogen and oxygen atoms in total. The van der Waals surface area contributed by atoms with E-state index in [1.54, 1.807) is 0 Å². The maximum atomic E-state index is 12.7. The van der Waals surface area contributed by atoms with Gasteiger partial charge in [0, 0.05) is 24.4 Å². The van der Waals surface area contributed by atoms with E-state index in [-0.39, 0.29) is 47.2 Å². The Hall–Kier alpha value is -4.37. The van der Waals surface area contributed by atoms with Gasteiger partial charge in [-0.2, -0.15) is 13.2 Å². The third kappa shape index (κ3) is 11.3. The molecule has 1 aromatic rings. The van der Waals surface area contributed by atoms with Crippen molar-refractivity contribution in [1.82, 2.24) is 4.90 Å². The molecule has 1 fully saturated rings. The van der Waals surface area contributed by atoms with Crippen molar-refractivity contribution >= 4 is 35.4 Å². The van der Waals surface area contributed by atoms with Crippen LogP contribution in [-0.2, 0) is 19.2 Å². The highest BCUT2D eigenvalue weighted by Gasteiger charge is 2.38. The van der Waals surface area contributed by atoms with Crippen molar-refractivity contribution in [3.8, 4) is 11.5 Å². The van der Waals surface area contributed by atoms with E-state index >= 15 is 0 Å². The molecule has 0 spiro atoms. The average Bonchev–Trinajstić information content (AvgIpc) is 2.85. The Morgan fingerprint density at radius 1 is 0.949 bits per heavy atom. The first-order valence-electron chi connectivity index (χ1n) is 11.3. The molecule has 39 heavy (non-hydrogen) atoms. The Morgan fingerprint density at radius 2 is 1.41 bits per heavy atom. The predicted molar refractivity (Wildman–Crippen MR) is 126 cm³/mol. The zero-order valence-corrected chi connectivity index (χ0v) is 20.7. The molecule has 1 aliphatic carbocycles. The summed E-state index contributed by atoms with van der Waals surface area (Å²) in [5.41, 5.74) is 5.70. The number of alkyl halides is 3. The maximum absolute atomic E-state index is 12.7. The topological polar surface area (TPSA) is 218 Å². The summed E-state index contributed by atoms with van der Waals surface area (Å²) in [6.45, 7) is -1.57. The first-order chi connectivity index (χ1) is 18.0. The fraction of sp³-hybridized carbons (Fsp3) is 0.478. The highest BCUT2D eigenvalue weighted by Crippen LogP contribution is 2.31. The molecule has 0 heterocycles. The number of carbonyl (C=O) groups is 5. The summed E-state index contributed by atoms with van der Waals surface area (Å²) in [6, 6.07) is 3.97. The van der Waals surface area contributed by atoms with Crippen molar-refractivity contribution in [2.45, 2.75) is 31.9 Å². The Bertz CT molecular complexity index is 1090. The van der Waals surface area contributed by atoms with Crippen LogP contribution in [0, 0.1) is 17.2 Å². The number of ether oxygens (including phenoxy) is 2. The standard InChI is InChI=1S/C21H27N3O8.C2HF3O2/c1-24(21(30)13-4-2-12(3-5-13)20(22)23)9-15(25)14-6-7-16(31-10-18(26)27)17(8-14)32-11-19(28)29;3-2(4,5)1(6)7/h6-8,12-13H,2-5,9-11H2,1H3,(H3,22,23)(H,26,27)(H,28,29);(H,6,7). The smallest absolute Gasteiger partial charge is 0.479 e. The van der Waals surface area contributed by atoms with Crippen LogP contribution >= 0.6 is 0 Å². The lowest BCUT2D eigenvalue weighted by molar-refractivity contribution is -0.192. The number of aliphatic carboxylic acids is 3. The zero-order valence-electron chi connectivity index (χ0n) is 20.7. The highest BCUT2D eigenvalue weighted by molar-refractivity contribution is 6.00. The molecule has 6 N–H and O–H groups in total. The summed E-state index contributed by atoms with van der Waals surface area (Å²) < 4.78 is 41.9. The summed E-state index contributed by atoms with van der Waals surface area (Å²) in [5, 5.41) is 32.2. The number of rotatable bonds is 11. The number of carboxylic acids is 3. The minimum Gasteiger partial charge on any atom is -0.479 e. The lowest BCUT2D eigenvalue weighted by atomic mass is 9.81. The number of carbonyl (C=O) groups excluding carboxylic acids is 2. The summed E-state index contributed by atoms with van der Waals surface area (Å²) in [7, 11) is 1.53. The maximum Gasteiger partial charge on any atom is 0.490 e. The minimum absolute atomic E-state index is 0.00271. The molecule has 0 unspecified atom stereocenters. The molecule has 0 aromatic heterocycles. The van der Waals surface area contributed by atoms with Crippen LogP contribution < -0.4 is 15.2 Å². The molecular formula is C23H28F3N3O10. The second-order valence-corrected chi connectivity index (χ2v) is 8.45. The molecule has 1 saturated carbocycles. The number of nitrogens with two attached hydrogens (primary N) is 1. The number of hydrogen-bond acceptors (Lipinski definition) is 8. The number of benzene rings is 1. The number of nitrogens with one attached hydrogen (secondary N) is 1. The van der Waals surface area contributed by atoms with Gasteiger partial charge in [0.05, 0.1) is 12.4 Å². The second-order valence-electron chi connectivity index (χ2n) is 8.45. The summed E-state index contributed by atoms with van der Waals surface area (Å²) in [4.78, 5) is 57.2. The molecule has 2 rings (SSSR count). The van der Waals surface area contributed by atoms with Crippen LogP contribution in [0.5, 0.6) is 11.5 Å². The largest absolute Gasteiger partial charge is 0.490 e. The van der Waals surface area contributed by atoms with E-state index in [9.17, 15) is 32.3 Å². The number of hydrogen-bond donors (Lipinski definition) is 5. The normalized spacial score (nSPS) is 16.6. The summed E-state index contributed by atoms with van der Waals surface area (Å²) >= 11 is 0. The van der Waals surface area contributed by atoms with Gasteiger partial charge in [-0.25, -0.2) is 14.4 Å². The van der Waals surface area contributed by atoms with E-state index in [0.717, 1.165) is 0 Å². The molecule has 16 heteroatoms. The van der Waals surface area contributed by atoms with E-state index < -0.39 is 43.1 Å². The van der Waals surface area contributed by atoms with Crippen molar-refractivity contribution in [3.63, 3.8) is 0 Å². The highest BCUT2D eigenvalue weighted by atomic mass is 19.4. The van der Waals surface area contributed by atoms with Gasteiger partial charge in [-0.15, -0.1) is 0 Å². The van der Waals surface area contributed by atoms with E-state index in [4.69, 9.17) is 40.7 Å². The molecule has 0 bridgehead atoms. The van der Waals surface area contributed by atoms with Crippen molar-refractivity contribution in [2.24, 2.45) is 17.6 Å². The number of halogens is 3. The van der Waals surface area contributed by atoms with Gasteiger partial charge in [-0.05, 0) is 43.9 Å². The van der Waals surface area contributed by atoms with Gasteiger partial charge in [0.2, 0.25) is 5.91 Å². The number of amides is 1. The SMILES string of the molecule is CN(CC(=O)c1ccc(OCC(=O)O)c(OCC(=O)O)c1)C(=O)C1CCC(C(=N)N)CC1.O=C(O)C(F)(F)F. The number of ketones is 1. The second kappa shape index (κ2) is 14.5. The lowest BCUT2D eigenvalue weighted by Crippen LogP contribution is -2.39. The molecule has 0 aliphatic heterocycles. The molecule has 1 amide bonds. The summed E-state index contributed by atoms with van der Waals surface area (Å²) in [6.07, 6.45) is -2.56. The van der Waals surface area contributed by atoms with Crippen LogP contribution in [0.15, 0.2) is 18.2 Å². The van der Waals surface area contributed by atoms with Gasteiger partial charge in [0.1, 0.15) is 0 Å². The molecule has 216 valence electrons. The third-order valence-electron chi connectivity index (χ3n) is 5.48. The minimum atomic E-state index is -5.08. The number of nitrogens with zero attached hydrogens (tertiary/aromatic N) is 1. The Labute approximate surface area is 219 Å². The number of carboxylic acid groups (broad SMARTS) is 3. The first kappa shape index (κ1) is 32.7. The van der Waals surface area contributed by atoms with Gasteiger partial charge in [0.25, 0.3) is 0 Å². The molecule has 0 radical (unpaired) electrons. The Morgan fingerprint density at radius 3 is 1.85 bits per heavy atom. The monoisotopic (exact) mass is 563 g/mol. The quantitative estimate of drug-likeness (QED) is 0.148. The molecule has 1 aliphatic rings. The summed E-state index contributed by atoms with van der Waals surface area (Å²) in [5.74, 6) is -6.01. The van der Waals surface area contributed by atoms with Gasteiger partial charge in [0.15, 0.2) is 30.5 Å². The number of Topliss-reactive ketones (excluding diaryl/α,β-unsaturated/α-hetero) is 1. The van der Waals surface area contributed by atoms with E-state index in [2.05, 4.69) is 0 Å². The average molecular weight is 563 g/mol. The Kier molecular flexibility index (Phi) is 12.2. The van der Waals surface area contributed by atoms with Crippen LogP contribution in [0.1, 0.15) is 36.0 Å². The van der Waals surface area contributed by atoms with E-state index in [0.29, 0.717) is 25.7 Å². The van der Waals surface area contributed by atoms with Crippen LogP contribution in [0.4, 0.5) is 13.2 Å². The Balaban J connectivity index is 0.000000956. The van der Waals surface area contributed by atoms with Crippen LogP contribution in [0.25, 0.3) is 0 Å². The molecular weight excluding hydrogens is 535 g/mol. The van der Waals surface area contributed by atoms with Crippen molar-refractivity contribution in [1.29, 1.82) is 5.41 Å². The molecule has 1 aromatic carbocycles. The molecule has 0 atom stereocenters. The fourth-order valence-corrected chi connectivity index (χ4v) is 3.54. The number of likely N-dealkylation sites (N-methyl/N-ethyl adjacent to an activating group) is 1.